The fourth-order valence-electron chi connectivity index (χ4n) is 4.76. The van der Waals surface area contributed by atoms with Gasteiger partial charge in [0.15, 0.2) is 15.5 Å². The second-order valence-electron chi connectivity index (χ2n) is 11.2. The number of fused-ring (bicyclic) bond motifs is 1. The van der Waals surface area contributed by atoms with Crippen molar-refractivity contribution in [3.8, 4) is 17.1 Å². The predicted molar refractivity (Wildman–Crippen MR) is 153 cm³/mol. The molecule has 2 atom stereocenters. The number of halogens is 5. The minimum Gasteiger partial charge on any atom is -0.419 e. The van der Waals surface area contributed by atoms with Gasteiger partial charge in [-0.1, -0.05) is 24.8 Å². The Hall–Kier alpha value is -4.44. The van der Waals surface area contributed by atoms with Gasteiger partial charge in [0.1, 0.15) is 10.6 Å². The first-order valence-electron chi connectivity index (χ1n) is 13.3. The summed E-state index contributed by atoms with van der Waals surface area (Å²) in [5.41, 5.74) is 2.86. The van der Waals surface area contributed by atoms with E-state index in [1.165, 1.54) is 38.1 Å². The van der Waals surface area contributed by atoms with E-state index in [9.17, 15) is 26.4 Å². The lowest BCUT2D eigenvalue weighted by Crippen LogP contribution is -2.43. The van der Waals surface area contributed by atoms with E-state index in [4.69, 9.17) is 10.2 Å². The molecule has 1 amide bonds. The molecule has 45 heavy (non-hydrogen) atoms. The lowest BCUT2D eigenvalue weighted by molar-refractivity contribution is -0.137. The molecule has 238 valence electrons. The summed E-state index contributed by atoms with van der Waals surface area (Å²) in [4.78, 5) is 14.7. The molecule has 10 nitrogen and oxygen atoms in total. The summed E-state index contributed by atoms with van der Waals surface area (Å²) in [7, 11) is -3.73. The highest BCUT2D eigenvalue weighted by Crippen LogP contribution is 2.45. The van der Waals surface area contributed by atoms with Gasteiger partial charge in [-0.25, -0.2) is 21.9 Å². The number of carbonyl (C=O) groups is 1. The number of rotatable bonds is 7. The number of nitrogens with zero attached hydrogens (tertiary/aromatic N) is 5. The Kier molecular flexibility index (Phi) is 7.72. The Morgan fingerprint density at radius 2 is 1.84 bits per heavy atom. The van der Waals surface area contributed by atoms with E-state index in [-0.39, 0.29) is 29.2 Å². The van der Waals surface area contributed by atoms with Crippen LogP contribution in [0.4, 0.5) is 27.6 Å². The maximum absolute atomic E-state index is 16.3. The van der Waals surface area contributed by atoms with Gasteiger partial charge in [-0.15, -0.1) is 10.2 Å². The molecule has 1 unspecified atom stereocenters. The summed E-state index contributed by atoms with van der Waals surface area (Å²) in [5.74, 6) is -2.41. The fraction of sp³-hybridized carbons (Fsp3) is 0.310. The molecule has 1 aliphatic rings. The molecule has 3 heterocycles. The summed E-state index contributed by atoms with van der Waals surface area (Å²) in [5, 5.41) is 11.3. The van der Waals surface area contributed by atoms with Crippen molar-refractivity contribution in [3.05, 3.63) is 89.8 Å². The summed E-state index contributed by atoms with van der Waals surface area (Å²) < 4.78 is 100. The first-order valence-corrected chi connectivity index (χ1v) is 15.2. The Bertz CT molecular complexity index is 1900. The Balaban J connectivity index is 1.57. The fourth-order valence-corrected chi connectivity index (χ4v) is 5.16. The van der Waals surface area contributed by atoms with Crippen molar-refractivity contribution < 1.29 is 39.6 Å². The average Bonchev–Trinajstić information content (AvgIpc) is 3.65. The van der Waals surface area contributed by atoms with Crippen LogP contribution in [-0.2, 0) is 37.8 Å². The summed E-state index contributed by atoms with van der Waals surface area (Å²) in [6.07, 6.45) is -1.69. The van der Waals surface area contributed by atoms with E-state index in [0.717, 1.165) is 40.2 Å². The molecule has 2 N–H and O–H groups in total. The highest BCUT2D eigenvalue weighted by Gasteiger charge is 2.43. The van der Waals surface area contributed by atoms with Crippen LogP contribution in [0.3, 0.4) is 0 Å². The van der Waals surface area contributed by atoms with E-state index >= 15 is 8.78 Å². The molecule has 2 aromatic heterocycles. The number of amides is 1. The molecule has 2 aromatic carbocycles. The number of nitrogens with two attached hydrogens (primary N) is 1. The first kappa shape index (κ1) is 32.0. The number of hydrogen-bond acceptors (Lipinski definition) is 8. The predicted octanol–water partition coefficient (Wildman–Crippen LogP) is 4.97. The molecular weight excluding hydrogens is 623 g/mol. The van der Waals surface area contributed by atoms with Crippen LogP contribution < -0.4 is 10.6 Å². The molecule has 0 radical (unpaired) electrons. The summed E-state index contributed by atoms with van der Waals surface area (Å²) in [6, 6.07) is 6.68. The third kappa shape index (κ3) is 5.75. The van der Waals surface area contributed by atoms with E-state index in [2.05, 4.69) is 21.9 Å². The third-order valence-electron chi connectivity index (χ3n) is 7.80. The summed E-state index contributed by atoms with van der Waals surface area (Å²) in [6.45, 7) is 6.00. The molecule has 0 saturated heterocycles. The molecule has 0 bridgehead atoms. The van der Waals surface area contributed by atoms with Gasteiger partial charge in [-0.3, -0.25) is 4.79 Å². The van der Waals surface area contributed by atoms with Crippen molar-refractivity contribution in [1.82, 2.24) is 20.0 Å². The van der Waals surface area contributed by atoms with Crippen LogP contribution in [0.2, 0.25) is 0 Å². The number of anilines is 1. The number of allylic oxidation sites excluding steroid dienone is 1. The molecule has 5 rings (SSSR count). The van der Waals surface area contributed by atoms with Crippen molar-refractivity contribution in [2.75, 3.05) is 11.2 Å². The number of aromatic nitrogens is 4. The zero-order chi connectivity index (χ0) is 33.1. The van der Waals surface area contributed by atoms with E-state index < -0.39 is 62.1 Å². The van der Waals surface area contributed by atoms with Crippen LogP contribution in [0, 0.1) is 5.82 Å². The van der Waals surface area contributed by atoms with Gasteiger partial charge < -0.3 is 15.1 Å². The van der Waals surface area contributed by atoms with Crippen LogP contribution in [-0.4, -0.2) is 46.6 Å². The molecule has 4 aromatic rings. The second kappa shape index (κ2) is 10.9. The van der Waals surface area contributed by atoms with Gasteiger partial charge in [0, 0.05) is 24.4 Å². The van der Waals surface area contributed by atoms with Gasteiger partial charge >= 0.3 is 6.18 Å². The Labute approximate surface area is 254 Å². The molecule has 0 saturated carbocycles. The standard InChI is InChI=1S/C29H27F5N6O4S/c1-5-28(31)12-22(35)25(41)39(14-16-6-8-18(9-7-16)40-15-17(13-36-40)29(32,33)34)23-10-19(21(30)11-20(23)28)24-37-38-26(44-24)27(2,3)45(4,42)43/h5-11,13,15,22H,1,12,14,35H2,2-4H3/t22-,28?/m1/s1. The number of sulfone groups is 1. The lowest BCUT2D eigenvalue weighted by atomic mass is 9.88. The number of benzene rings is 2. The zero-order valence-corrected chi connectivity index (χ0v) is 25.0. The average molecular weight is 651 g/mol. The van der Waals surface area contributed by atoms with Gasteiger partial charge in [-0.2, -0.15) is 18.3 Å². The van der Waals surface area contributed by atoms with Crippen molar-refractivity contribution in [3.63, 3.8) is 0 Å². The quantitative estimate of drug-likeness (QED) is 0.219. The van der Waals surface area contributed by atoms with Crippen LogP contribution in [0.25, 0.3) is 17.1 Å². The SMILES string of the molecule is C=CC1(F)C[C@@H](N)C(=O)N(Cc2ccc(-n3cc(C(F)(F)F)cn3)cc2)c2cc(-c3nnc(C(C)(C)S(C)(=O)=O)o3)c(F)cc21. The third-order valence-corrected chi connectivity index (χ3v) is 9.83. The highest BCUT2D eigenvalue weighted by atomic mass is 32.2. The van der Waals surface area contributed by atoms with Gasteiger partial charge in [0.25, 0.3) is 5.89 Å². The number of alkyl halides is 4. The van der Waals surface area contributed by atoms with Crippen molar-refractivity contribution in [2.45, 2.75) is 49.4 Å². The van der Waals surface area contributed by atoms with E-state index in [0.29, 0.717) is 17.4 Å². The topological polar surface area (TPSA) is 137 Å². The largest absolute Gasteiger partial charge is 0.419 e. The van der Waals surface area contributed by atoms with E-state index in [1.54, 1.807) is 0 Å². The molecule has 0 aliphatic carbocycles. The molecule has 0 spiro atoms. The molecule has 16 heteroatoms. The molecular formula is C29H27F5N6O4S. The summed E-state index contributed by atoms with van der Waals surface area (Å²) >= 11 is 0. The van der Waals surface area contributed by atoms with Gasteiger partial charge in [0.2, 0.25) is 11.8 Å². The number of hydrogen-bond donors (Lipinski definition) is 1. The van der Waals surface area contributed by atoms with Crippen LogP contribution in [0.5, 0.6) is 0 Å². The second-order valence-corrected chi connectivity index (χ2v) is 13.7. The highest BCUT2D eigenvalue weighted by molar-refractivity contribution is 7.91. The minimum absolute atomic E-state index is 0.0835. The smallest absolute Gasteiger partial charge is 0.419 e. The Morgan fingerprint density at radius 3 is 2.42 bits per heavy atom. The van der Waals surface area contributed by atoms with Crippen LogP contribution in [0.15, 0.2) is 65.9 Å². The Morgan fingerprint density at radius 1 is 1.18 bits per heavy atom. The van der Waals surface area contributed by atoms with Crippen LogP contribution in [0.1, 0.15) is 42.8 Å². The lowest BCUT2D eigenvalue weighted by Gasteiger charge is -2.26. The number of carbonyl (C=O) groups excluding carboxylic acids is 1. The van der Waals surface area contributed by atoms with Gasteiger partial charge in [0.05, 0.1) is 41.3 Å². The van der Waals surface area contributed by atoms with Crippen molar-refractivity contribution >= 4 is 21.4 Å². The van der Waals surface area contributed by atoms with Crippen molar-refractivity contribution in [1.29, 1.82) is 0 Å². The first-order chi connectivity index (χ1) is 20.9. The maximum Gasteiger partial charge on any atom is 0.419 e. The maximum atomic E-state index is 16.3. The minimum atomic E-state index is -4.57. The normalized spacial score (nSPS) is 19.4. The van der Waals surface area contributed by atoms with Gasteiger partial charge in [-0.05, 0) is 43.7 Å². The van der Waals surface area contributed by atoms with E-state index in [1.807, 2.05) is 0 Å². The van der Waals surface area contributed by atoms with Crippen LogP contribution >= 0.6 is 0 Å². The monoisotopic (exact) mass is 650 g/mol. The molecule has 1 aliphatic heterocycles. The molecule has 0 fully saturated rings. The zero-order valence-electron chi connectivity index (χ0n) is 24.1. The van der Waals surface area contributed by atoms with Crippen molar-refractivity contribution in [2.24, 2.45) is 5.73 Å².